The van der Waals surface area contributed by atoms with Crippen molar-refractivity contribution in [3.63, 3.8) is 0 Å². The first kappa shape index (κ1) is 16.5. The van der Waals surface area contributed by atoms with E-state index in [0.29, 0.717) is 0 Å². The van der Waals surface area contributed by atoms with Crippen LogP contribution in [0.25, 0.3) is 0 Å². The standard InChI is InChI=1S/C16H23BrN2O2/c1-16(2,3)15(20)21-19-10-8-18(9-11-19)12-13-4-6-14(17)7-5-13/h4-7H,8-12H2,1-3H3. The highest BCUT2D eigenvalue weighted by Crippen LogP contribution is 2.17. The Hall–Kier alpha value is -0.910. The summed E-state index contributed by atoms with van der Waals surface area (Å²) in [6.45, 7) is 9.91. The van der Waals surface area contributed by atoms with E-state index < -0.39 is 5.41 Å². The fourth-order valence-electron chi connectivity index (χ4n) is 2.08. The smallest absolute Gasteiger partial charge is 0.330 e. The van der Waals surface area contributed by atoms with Crippen LogP contribution in [0.5, 0.6) is 0 Å². The van der Waals surface area contributed by atoms with Crippen molar-refractivity contribution in [3.8, 4) is 0 Å². The van der Waals surface area contributed by atoms with Gasteiger partial charge < -0.3 is 4.84 Å². The van der Waals surface area contributed by atoms with Crippen LogP contribution in [0.2, 0.25) is 0 Å². The van der Waals surface area contributed by atoms with Crippen LogP contribution in [0.15, 0.2) is 28.7 Å². The van der Waals surface area contributed by atoms with Crippen molar-refractivity contribution in [1.82, 2.24) is 9.96 Å². The zero-order valence-electron chi connectivity index (χ0n) is 12.9. The molecule has 0 atom stereocenters. The van der Waals surface area contributed by atoms with Crippen molar-refractivity contribution >= 4 is 21.9 Å². The zero-order chi connectivity index (χ0) is 15.5. The first-order chi connectivity index (χ1) is 9.84. The largest absolute Gasteiger partial charge is 0.367 e. The van der Waals surface area contributed by atoms with Gasteiger partial charge in [0.25, 0.3) is 0 Å². The Balaban J connectivity index is 1.78. The van der Waals surface area contributed by atoms with Gasteiger partial charge in [0.05, 0.1) is 5.41 Å². The highest BCUT2D eigenvalue weighted by molar-refractivity contribution is 9.10. The molecule has 1 fully saturated rings. The summed E-state index contributed by atoms with van der Waals surface area (Å²) in [5, 5.41) is 1.78. The molecule has 0 radical (unpaired) electrons. The minimum Gasteiger partial charge on any atom is -0.367 e. The number of hydrogen-bond donors (Lipinski definition) is 0. The number of carbonyl (C=O) groups is 1. The van der Waals surface area contributed by atoms with Gasteiger partial charge in [-0.25, -0.2) is 4.79 Å². The topological polar surface area (TPSA) is 32.8 Å². The van der Waals surface area contributed by atoms with Gasteiger partial charge in [-0.15, -0.1) is 5.06 Å². The van der Waals surface area contributed by atoms with Crippen LogP contribution in [-0.4, -0.2) is 42.1 Å². The van der Waals surface area contributed by atoms with E-state index in [4.69, 9.17) is 4.84 Å². The molecular formula is C16H23BrN2O2. The monoisotopic (exact) mass is 354 g/mol. The van der Waals surface area contributed by atoms with E-state index in [2.05, 4.69) is 45.1 Å². The van der Waals surface area contributed by atoms with E-state index in [9.17, 15) is 4.79 Å². The van der Waals surface area contributed by atoms with Crippen LogP contribution in [0, 0.1) is 5.41 Å². The van der Waals surface area contributed by atoms with Gasteiger partial charge in [-0.1, -0.05) is 28.1 Å². The second kappa shape index (κ2) is 6.90. The molecule has 5 heteroatoms. The van der Waals surface area contributed by atoms with Gasteiger partial charge in [-0.05, 0) is 38.5 Å². The van der Waals surface area contributed by atoms with Crippen LogP contribution < -0.4 is 0 Å². The van der Waals surface area contributed by atoms with Crippen LogP contribution in [0.4, 0.5) is 0 Å². The Morgan fingerprint density at radius 2 is 1.71 bits per heavy atom. The van der Waals surface area contributed by atoms with Crippen molar-refractivity contribution in [2.75, 3.05) is 26.2 Å². The molecule has 1 heterocycles. The summed E-state index contributed by atoms with van der Waals surface area (Å²) in [6.07, 6.45) is 0. The number of hydroxylamine groups is 2. The van der Waals surface area contributed by atoms with E-state index in [1.165, 1.54) is 5.56 Å². The lowest BCUT2D eigenvalue weighted by Crippen LogP contribution is -2.47. The molecule has 0 unspecified atom stereocenters. The zero-order valence-corrected chi connectivity index (χ0v) is 14.5. The normalized spacial score (nSPS) is 17.7. The van der Waals surface area contributed by atoms with Crippen molar-refractivity contribution < 1.29 is 9.63 Å². The molecule has 0 N–H and O–H groups in total. The first-order valence-corrected chi connectivity index (χ1v) is 8.08. The quantitative estimate of drug-likeness (QED) is 0.834. The second-order valence-corrected chi connectivity index (χ2v) is 7.38. The summed E-state index contributed by atoms with van der Waals surface area (Å²) in [5.41, 5.74) is 0.854. The molecule has 0 amide bonds. The Morgan fingerprint density at radius 1 is 1.14 bits per heavy atom. The summed E-state index contributed by atoms with van der Waals surface area (Å²) in [5.74, 6) is -0.163. The SMILES string of the molecule is CC(C)(C)C(=O)ON1CCN(Cc2ccc(Br)cc2)CC1. The van der Waals surface area contributed by atoms with E-state index in [1.807, 2.05) is 20.8 Å². The number of nitrogens with zero attached hydrogens (tertiary/aromatic N) is 2. The molecule has 1 aromatic rings. The third-order valence-corrected chi connectivity index (χ3v) is 4.00. The summed E-state index contributed by atoms with van der Waals surface area (Å²) in [6, 6.07) is 8.40. The van der Waals surface area contributed by atoms with Crippen molar-refractivity contribution in [2.24, 2.45) is 5.41 Å². The Morgan fingerprint density at radius 3 is 2.24 bits per heavy atom. The molecule has 0 aromatic heterocycles. The number of halogens is 1. The highest BCUT2D eigenvalue weighted by Gasteiger charge is 2.27. The van der Waals surface area contributed by atoms with E-state index >= 15 is 0 Å². The fraction of sp³-hybridized carbons (Fsp3) is 0.562. The Labute approximate surface area is 135 Å². The predicted octanol–water partition coefficient (Wildman–Crippen LogP) is 3.07. The van der Waals surface area contributed by atoms with Crippen LogP contribution >= 0.6 is 15.9 Å². The van der Waals surface area contributed by atoms with Crippen molar-refractivity contribution in [3.05, 3.63) is 34.3 Å². The Kier molecular flexibility index (Phi) is 5.41. The van der Waals surface area contributed by atoms with Crippen molar-refractivity contribution in [1.29, 1.82) is 0 Å². The van der Waals surface area contributed by atoms with E-state index in [1.54, 1.807) is 5.06 Å². The molecule has 1 saturated heterocycles. The molecule has 0 spiro atoms. The molecule has 0 bridgehead atoms. The average molecular weight is 355 g/mol. The molecule has 1 aromatic carbocycles. The lowest BCUT2D eigenvalue weighted by Gasteiger charge is -2.34. The maximum atomic E-state index is 11.9. The molecule has 1 aliphatic rings. The molecule has 2 rings (SSSR count). The van der Waals surface area contributed by atoms with E-state index in [-0.39, 0.29) is 5.97 Å². The number of hydrogen-bond acceptors (Lipinski definition) is 4. The minimum atomic E-state index is -0.450. The van der Waals surface area contributed by atoms with E-state index in [0.717, 1.165) is 37.2 Å². The average Bonchev–Trinajstić information content (AvgIpc) is 2.42. The van der Waals surface area contributed by atoms with Gasteiger partial charge in [0, 0.05) is 37.2 Å². The third kappa shape index (κ3) is 5.09. The highest BCUT2D eigenvalue weighted by atomic mass is 79.9. The van der Waals surface area contributed by atoms with Gasteiger partial charge >= 0.3 is 5.97 Å². The van der Waals surface area contributed by atoms with Gasteiger partial charge in [-0.2, -0.15) is 0 Å². The summed E-state index contributed by atoms with van der Waals surface area (Å²) >= 11 is 3.45. The lowest BCUT2D eigenvalue weighted by atomic mass is 9.98. The Bertz CT molecular complexity index is 474. The first-order valence-electron chi connectivity index (χ1n) is 7.29. The number of carbonyl (C=O) groups excluding carboxylic acids is 1. The van der Waals surface area contributed by atoms with Crippen molar-refractivity contribution in [2.45, 2.75) is 27.3 Å². The number of benzene rings is 1. The molecule has 4 nitrogen and oxygen atoms in total. The van der Waals surface area contributed by atoms with Gasteiger partial charge in [0.2, 0.25) is 0 Å². The maximum Gasteiger partial charge on any atom is 0.330 e. The van der Waals surface area contributed by atoms with Gasteiger partial charge in [-0.3, -0.25) is 4.90 Å². The van der Waals surface area contributed by atoms with Gasteiger partial charge in [0.15, 0.2) is 0 Å². The third-order valence-electron chi connectivity index (χ3n) is 3.48. The molecule has 116 valence electrons. The summed E-state index contributed by atoms with van der Waals surface area (Å²) in [4.78, 5) is 19.7. The molecule has 1 aliphatic heterocycles. The fourth-order valence-corrected chi connectivity index (χ4v) is 2.35. The molecule has 21 heavy (non-hydrogen) atoms. The molecular weight excluding hydrogens is 332 g/mol. The lowest BCUT2D eigenvalue weighted by molar-refractivity contribution is -0.207. The van der Waals surface area contributed by atoms with Crippen LogP contribution in [0.3, 0.4) is 0 Å². The van der Waals surface area contributed by atoms with Crippen LogP contribution in [0.1, 0.15) is 26.3 Å². The number of rotatable bonds is 3. The second-order valence-electron chi connectivity index (χ2n) is 6.46. The summed E-state index contributed by atoms with van der Waals surface area (Å²) < 4.78 is 1.10. The van der Waals surface area contributed by atoms with Gasteiger partial charge in [0.1, 0.15) is 0 Å². The molecule has 0 saturated carbocycles. The maximum absolute atomic E-state index is 11.9. The summed E-state index contributed by atoms with van der Waals surface area (Å²) in [7, 11) is 0. The van der Waals surface area contributed by atoms with Crippen LogP contribution in [-0.2, 0) is 16.2 Å². The molecule has 0 aliphatic carbocycles. The minimum absolute atomic E-state index is 0.163. The number of piperazine rings is 1. The predicted molar refractivity (Wildman–Crippen MR) is 86.5 cm³/mol.